The Hall–Kier alpha value is -1.04. The van der Waals surface area contributed by atoms with E-state index in [0.717, 1.165) is 37.0 Å². The Kier molecular flexibility index (Phi) is 1.83. The van der Waals surface area contributed by atoms with Crippen molar-refractivity contribution in [3.8, 4) is 6.07 Å². The number of rotatable bonds is 1. The second-order valence-electron chi connectivity index (χ2n) is 5.76. The van der Waals surface area contributed by atoms with Crippen LogP contribution in [0.5, 0.6) is 0 Å². The first-order valence-electron chi connectivity index (χ1n) is 5.88. The van der Waals surface area contributed by atoms with Crippen LogP contribution in [0.2, 0.25) is 0 Å². The van der Waals surface area contributed by atoms with Crippen LogP contribution in [0, 0.1) is 34.5 Å². The molecule has 3 heteroatoms. The Labute approximate surface area is 89.8 Å². The highest BCUT2D eigenvalue weighted by atomic mass is 16.4. The topological polar surface area (TPSA) is 56.4 Å². The van der Waals surface area contributed by atoms with Crippen molar-refractivity contribution in [3.05, 3.63) is 0 Å². The van der Waals surface area contributed by atoms with Crippen LogP contribution in [0.3, 0.4) is 0 Å². The molecular weight excluding hydrogens is 188 g/mol. The zero-order chi connectivity index (χ0) is 10.5. The molecule has 1 N–H and O–H groups in total. The summed E-state index contributed by atoms with van der Waals surface area (Å²) in [7, 11) is 0. The monoisotopic (exact) mass is 204 g/mol. The van der Waals surface area contributed by atoms with Gasteiger partial charge >= 0.3 is 0 Å². The smallest absolute Gasteiger partial charge is 0.162 e. The van der Waals surface area contributed by atoms with Crippen molar-refractivity contribution in [3.63, 3.8) is 0 Å². The molecule has 4 aliphatic rings. The average molecular weight is 204 g/mol. The zero-order valence-corrected chi connectivity index (χ0v) is 8.82. The molecule has 4 bridgehead atoms. The first-order valence-corrected chi connectivity index (χ1v) is 5.88. The van der Waals surface area contributed by atoms with E-state index in [1.807, 2.05) is 0 Å². The lowest BCUT2D eigenvalue weighted by molar-refractivity contribution is -0.0128. The van der Waals surface area contributed by atoms with Gasteiger partial charge in [0, 0.05) is 5.41 Å². The number of oxime groups is 1. The van der Waals surface area contributed by atoms with E-state index >= 15 is 0 Å². The van der Waals surface area contributed by atoms with Crippen molar-refractivity contribution < 1.29 is 5.21 Å². The lowest BCUT2D eigenvalue weighted by Crippen LogP contribution is -2.49. The van der Waals surface area contributed by atoms with Gasteiger partial charge in [0.2, 0.25) is 0 Å². The van der Waals surface area contributed by atoms with Gasteiger partial charge in [-0.25, -0.2) is 0 Å². The second-order valence-corrected chi connectivity index (χ2v) is 5.76. The summed E-state index contributed by atoms with van der Waals surface area (Å²) in [6, 6.07) is 2.11. The van der Waals surface area contributed by atoms with Gasteiger partial charge in [-0.3, -0.25) is 0 Å². The molecule has 0 aromatic heterocycles. The van der Waals surface area contributed by atoms with Crippen LogP contribution in [0.4, 0.5) is 0 Å². The SMILES string of the molecule is N#CC(=NO)C12CC3CC(CC(C3)C1)C2. The van der Waals surface area contributed by atoms with Gasteiger partial charge in [-0.1, -0.05) is 5.16 Å². The van der Waals surface area contributed by atoms with Gasteiger partial charge in [0.25, 0.3) is 0 Å². The van der Waals surface area contributed by atoms with Gasteiger partial charge in [0.1, 0.15) is 6.07 Å². The Balaban J connectivity index is 1.97. The van der Waals surface area contributed by atoms with Crippen molar-refractivity contribution in [1.82, 2.24) is 0 Å². The molecule has 0 saturated heterocycles. The number of nitriles is 1. The third-order valence-corrected chi connectivity index (χ3v) is 4.75. The lowest BCUT2D eigenvalue weighted by Gasteiger charge is -2.55. The third kappa shape index (κ3) is 1.20. The number of hydrogen-bond donors (Lipinski definition) is 1. The normalized spacial score (nSPS) is 47.9. The number of nitrogens with zero attached hydrogens (tertiary/aromatic N) is 2. The second kappa shape index (κ2) is 2.98. The predicted molar refractivity (Wildman–Crippen MR) is 55.4 cm³/mol. The van der Waals surface area contributed by atoms with E-state index in [1.54, 1.807) is 0 Å². The van der Waals surface area contributed by atoms with Gasteiger partial charge in [-0.2, -0.15) is 5.26 Å². The molecule has 80 valence electrons. The maximum atomic E-state index is 9.05. The molecule has 3 nitrogen and oxygen atoms in total. The molecular formula is C12H16N2O. The highest BCUT2D eigenvalue weighted by molar-refractivity contribution is 6.02. The van der Waals surface area contributed by atoms with E-state index in [4.69, 9.17) is 10.5 Å². The van der Waals surface area contributed by atoms with Crippen LogP contribution in [-0.4, -0.2) is 10.9 Å². The first kappa shape index (κ1) is 9.21. The van der Waals surface area contributed by atoms with Crippen molar-refractivity contribution in [2.45, 2.75) is 38.5 Å². The fourth-order valence-corrected chi connectivity index (χ4v) is 4.65. The standard InChI is InChI=1S/C12H16N2O/c13-7-11(14-15)12-4-8-1-9(5-12)3-10(2-8)6-12/h8-10,15H,1-6H2. The minimum Gasteiger partial charge on any atom is -0.410 e. The summed E-state index contributed by atoms with van der Waals surface area (Å²) in [6.45, 7) is 0. The molecule has 0 aromatic carbocycles. The van der Waals surface area contributed by atoms with Gasteiger partial charge in [0.15, 0.2) is 5.71 Å². The minimum absolute atomic E-state index is 0.0434. The molecule has 0 aliphatic heterocycles. The van der Waals surface area contributed by atoms with Crippen LogP contribution in [0.15, 0.2) is 5.16 Å². The predicted octanol–water partition coefficient (Wildman–Crippen LogP) is 2.56. The van der Waals surface area contributed by atoms with Gasteiger partial charge in [0.05, 0.1) is 0 Å². The summed E-state index contributed by atoms with van der Waals surface area (Å²) in [6.07, 6.45) is 7.32. The first-order chi connectivity index (χ1) is 7.25. The summed E-state index contributed by atoms with van der Waals surface area (Å²) in [4.78, 5) is 0. The molecule has 0 aromatic rings. The van der Waals surface area contributed by atoms with E-state index in [1.165, 1.54) is 19.3 Å². The van der Waals surface area contributed by atoms with Crippen LogP contribution in [0.1, 0.15) is 38.5 Å². The van der Waals surface area contributed by atoms with Gasteiger partial charge in [-0.05, 0) is 56.3 Å². The molecule has 4 fully saturated rings. The summed E-state index contributed by atoms with van der Waals surface area (Å²) in [5, 5.41) is 21.2. The van der Waals surface area contributed by atoms with E-state index in [2.05, 4.69) is 11.2 Å². The lowest BCUT2D eigenvalue weighted by atomic mass is 9.48. The maximum absolute atomic E-state index is 9.05. The van der Waals surface area contributed by atoms with Crippen LogP contribution < -0.4 is 0 Å². The Bertz CT molecular complexity index is 318. The molecule has 0 radical (unpaired) electrons. The summed E-state index contributed by atoms with van der Waals surface area (Å²) in [5.74, 6) is 2.38. The van der Waals surface area contributed by atoms with E-state index < -0.39 is 0 Å². The molecule has 0 heterocycles. The Morgan fingerprint density at radius 2 is 1.60 bits per heavy atom. The highest BCUT2D eigenvalue weighted by Crippen LogP contribution is 2.60. The molecule has 4 rings (SSSR count). The van der Waals surface area contributed by atoms with E-state index in [9.17, 15) is 0 Å². The summed E-state index contributed by atoms with van der Waals surface area (Å²) >= 11 is 0. The maximum Gasteiger partial charge on any atom is 0.162 e. The molecule has 0 atom stereocenters. The third-order valence-electron chi connectivity index (χ3n) is 4.75. The highest BCUT2D eigenvalue weighted by Gasteiger charge is 2.53. The van der Waals surface area contributed by atoms with Gasteiger partial charge in [-0.15, -0.1) is 0 Å². The van der Waals surface area contributed by atoms with Crippen molar-refractivity contribution in [2.24, 2.45) is 28.3 Å². The van der Waals surface area contributed by atoms with Crippen molar-refractivity contribution >= 4 is 5.71 Å². The average Bonchev–Trinajstić information content (AvgIpc) is 2.16. The number of hydrogen-bond acceptors (Lipinski definition) is 3. The molecule has 0 amide bonds. The molecule has 15 heavy (non-hydrogen) atoms. The van der Waals surface area contributed by atoms with Gasteiger partial charge < -0.3 is 5.21 Å². The fourth-order valence-electron chi connectivity index (χ4n) is 4.65. The molecule has 0 spiro atoms. The Morgan fingerprint density at radius 1 is 1.13 bits per heavy atom. The fraction of sp³-hybridized carbons (Fsp3) is 0.833. The zero-order valence-electron chi connectivity index (χ0n) is 8.82. The van der Waals surface area contributed by atoms with Crippen molar-refractivity contribution in [2.75, 3.05) is 0 Å². The molecule has 0 unspecified atom stereocenters. The van der Waals surface area contributed by atoms with E-state index in [0.29, 0.717) is 5.71 Å². The summed E-state index contributed by atoms with van der Waals surface area (Å²) in [5.41, 5.74) is 0.361. The largest absolute Gasteiger partial charge is 0.410 e. The van der Waals surface area contributed by atoms with Crippen LogP contribution >= 0.6 is 0 Å². The van der Waals surface area contributed by atoms with Crippen LogP contribution in [-0.2, 0) is 0 Å². The molecule has 4 aliphatic carbocycles. The quantitative estimate of drug-likeness (QED) is 0.405. The summed E-state index contributed by atoms with van der Waals surface area (Å²) < 4.78 is 0. The van der Waals surface area contributed by atoms with Crippen LogP contribution in [0.25, 0.3) is 0 Å². The van der Waals surface area contributed by atoms with E-state index in [-0.39, 0.29) is 5.41 Å². The van der Waals surface area contributed by atoms with Crippen molar-refractivity contribution in [1.29, 1.82) is 5.26 Å². The molecule has 4 saturated carbocycles. The minimum atomic E-state index is -0.0434. The Morgan fingerprint density at radius 3 is 1.93 bits per heavy atom.